The van der Waals surface area contributed by atoms with Crippen molar-refractivity contribution in [2.75, 3.05) is 39.1 Å². The van der Waals surface area contributed by atoms with Gasteiger partial charge in [-0.1, -0.05) is 0 Å². The summed E-state index contributed by atoms with van der Waals surface area (Å²) in [6, 6.07) is 3.84. The number of anilines is 1. The number of aliphatic imine (C=N–C) groups is 1. The number of pyridine rings is 1. The molecule has 3 N–H and O–H groups in total. The number of allylic oxidation sites excluding steroid dienone is 1. The van der Waals surface area contributed by atoms with E-state index in [1.165, 1.54) is 31.3 Å². The summed E-state index contributed by atoms with van der Waals surface area (Å²) in [7, 11) is -2.06. The molecular formula is C27H37F3N8O4S2. The molecule has 2 aromatic heterocycles. The van der Waals surface area contributed by atoms with Crippen molar-refractivity contribution in [3.8, 4) is 17.1 Å². The predicted molar refractivity (Wildman–Crippen MR) is 167 cm³/mol. The van der Waals surface area contributed by atoms with Crippen LogP contribution in [0.2, 0.25) is 0 Å². The van der Waals surface area contributed by atoms with Gasteiger partial charge in [0.1, 0.15) is 12.1 Å². The number of aromatic nitrogens is 3. The molecule has 2 aliphatic rings. The van der Waals surface area contributed by atoms with Crippen molar-refractivity contribution < 1.29 is 31.1 Å². The highest BCUT2D eigenvalue weighted by molar-refractivity contribution is 7.99. The molecule has 2 aromatic rings. The second-order valence-corrected chi connectivity index (χ2v) is 12.3. The summed E-state index contributed by atoms with van der Waals surface area (Å²) in [5, 5.41) is 3.35. The zero-order valence-electron chi connectivity index (χ0n) is 24.7. The van der Waals surface area contributed by atoms with E-state index in [0.29, 0.717) is 34.0 Å². The molecule has 0 unspecified atom stereocenters. The van der Waals surface area contributed by atoms with Gasteiger partial charge in [0.2, 0.25) is 5.88 Å². The van der Waals surface area contributed by atoms with E-state index in [1.54, 1.807) is 18.6 Å². The number of nitrogens with two attached hydrogens (primary N) is 1. The lowest BCUT2D eigenvalue weighted by Crippen LogP contribution is -2.50. The van der Waals surface area contributed by atoms with Crippen LogP contribution in [-0.2, 0) is 14.8 Å². The molecule has 1 saturated heterocycles. The number of sulfonamides is 1. The van der Waals surface area contributed by atoms with E-state index in [0.717, 1.165) is 29.9 Å². The molecule has 0 spiro atoms. The first-order valence-electron chi connectivity index (χ1n) is 13.6. The van der Waals surface area contributed by atoms with Crippen molar-refractivity contribution in [1.82, 2.24) is 19.3 Å². The highest BCUT2D eigenvalue weighted by atomic mass is 32.2. The van der Waals surface area contributed by atoms with Crippen LogP contribution >= 0.6 is 11.9 Å². The summed E-state index contributed by atoms with van der Waals surface area (Å²) in [6.07, 6.45) is 10.5. The summed E-state index contributed by atoms with van der Waals surface area (Å²) in [5.74, 6) is 1.35. The maximum Gasteiger partial charge on any atom is 0.511 e. The number of carbonyl (C=O) groups is 1. The molecule has 1 aliphatic carbocycles. The van der Waals surface area contributed by atoms with Crippen LogP contribution in [0.1, 0.15) is 32.6 Å². The number of hydrogen-bond donors (Lipinski definition) is 2. The van der Waals surface area contributed by atoms with E-state index in [9.17, 15) is 26.4 Å². The molecule has 2 fully saturated rings. The molecule has 3 heterocycles. The number of piperidine rings is 1. The molecule has 44 heavy (non-hydrogen) atoms. The Morgan fingerprint density at radius 1 is 1.25 bits per heavy atom. The standard InChI is InChI=1S/C14H18F3N3O3S2.C12H14N4O.CH5N/c1-18-7-4-12(19-24-11-2-3-11)13(10-21)5-8-20(9-6-13)25(22,23)14(15,16)17;1-3-17-12-8-14-7-10(16-12)9-4-5-11(13-2)15-6-9;1-2/h4,7,10-11H,1-3,5-6,8-9H2;4-8H,3H2,1-2H3,(H,13,15);2H2,1H3/b7-4-,19-12+;;. The van der Waals surface area contributed by atoms with Gasteiger partial charge >= 0.3 is 15.5 Å². The van der Waals surface area contributed by atoms with E-state index >= 15 is 0 Å². The Balaban J connectivity index is 0.000000309. The van der Waals surface area contributed by atoms with Gasteiger partial charge in [-0.25, -0.2) is 22.8 Å². The van der Waals surface area contributed by atoms with Crippen LogP contribution in [0.25, 0.3) is 11.3 Å². The van der Waals surface area contributed by atoms with Crippen molar-refractivity contribution in [2.24, 2.45) is 20.5 Å². The molecule has 0 bridgehead atoms. The van der Waals surface area contributed by atoms with Gasteiger partial charge in [0.05, 0.1) is 35.8 Å². The fourth-order valence-corrected chi connectivity index (χ4v) is 5.63. The van der Waals surface area contributed by atoms with E-state index in [4.69, 9.17) is 4.74 Å². The van der Waals surface area contributed by atoms with Gasteiger partial charge in [0.25, 0.3) is 0 Å². The van der Waals surface area contributed by atoms with Gasteiger partial charge in [0, 0.05) is 43.3 Å². The normalized spacial score (nSPS) is 17.0. The number of aldehydes is 1. The smallest absolute Gasteiger partial charge is 0.477 e. The molecule has 1 aliphatic heterocycles. The van der Waals surface area contributed by atoms with Crippen molar-refractivity contribution >= 4 is 46.5 Å². The van der Waals surface area contributed by atoms with Crippen LogP contribution in [0.5, 0.6) is 5.88 Å². The van der Waals surface area contributed by atoms with Gasteiger partial charge in [0.15, 0.2) is 0 Å². The highest BCUT2D eigenvalue weighted by Gasteiger charge is 2.52. The molecule has 242 valence electrons. The number of nitrogens with zero attached hydrogens (tertiary/aromatic N) is 6. The summed E-state index contributed by atoms with van der Waals surface area (Å²) >= 11 is 1.32. The summed E-state index contributed by atoms with van der Waals surface area (Å²) in [5.41, 5.74) is 0.0836. The van der Waals surface area contributed by atoms with Crippen molar-refractivity contribution in [3.05, 3.63) is 43.0 Å². The topological polar surface area (TPSA) is 165 Å². The summed E-state index contributed by atoms with van der Waals surface area (Å²) in [4.78, 5) is 28.0. The minimum atomic E-state index is -5.39. The molecule has 12 nitrogen and oxygen atoms in total. The van der Waals surface area contributed by atoms with Crippen LogP contribution in [0, 0.1) is 5.41 Å². The lowest BCUT2D eigenvalue weighted by Gasteiger charge is -2.37. The lowest BCUT2D eigenvalue weighted by molar-refractivity contribution is -0.114. The van der Waals surface area contributed by atoms with Crippen LogP contribution in [-0.4, -0.2) is 90.9 Å². The van der Waals surface area contributed by atoms with Crippen molar-refractivity contribution in [3.63, 3.8) is 0 Å². The van der Waals surface area contributed by atoms with Crippen molar-refractivity contribution in [1.29, 1.82) is 0 Å². The SMILES string of the molecule is C=N/C=C\C(=N/SC1CC1)C1(C=O)CCN(S(=O)(=O)C(F)(F)F)CC1.CCOc1cncc(-c2ccc(NC)nc2)n1.CN. The molecular weight excluding hydrogens is 621 g/mol. The fraction of sp³-hybridized carbons (Fsp3) is 0.481. The molecule has 0 aromatic carbocycles. The fourth-order valence-electron chi connectivity index (χ4n) is 3.82. The highest BCUT2D eigenvalue weighted by Crippen LogP contribution is 2.40. The van der Waals surface area contributed by atoms with Gasteiger partial charge in [-0.3, -0.25) is 9.98 Å². The average molecular weight is 659 g/mol. The second kappa shape index (κ2) is 17.2. The first-order chi connectivity index (χ1) is 21.0. The molecule has 4 rings (SSSR count). The number of alkyl halides is 3. The number of nitrogens with one attached hydrogen (secondary N) is 1. The largest absolute Gasteiger partial charge is 0.511 e. The minimum absolute atomic E-state index is 0.0721. The molecule has 0 radical (unpaired) electrons. The van der Waals surface area contributed by atoms with Gasteiger partial charge in [-0.05, 0) is 76.5 Å². The quantitative estimate of drug-likeness (QED) is 0.204. The monoisotopic (exact) mass is 658 g/mol. The second-order valence-electron chi connectivity index (χ2n) is 9.26. The third kappa shape index (κ3) is 10.1. The van der Waals surface area contributed by atoms with E-state index in [1.807, 2.05) is 26.1 Å². The number of hydrogen-bond acceptors (Lipinski definition) is 12. The molecule has 0 amide bonds. The van der Waals surface area contributed by atoms with E-state index in [2.05, 4.69) is 42.1 Å². The van der Waals surface area contributed by atoms with Crippen LogP contribution in [0.4, 0.5) is 19.0 Å². The Kier molecular flexibility index (Phi) is 14.4. The van der Waals surface area contributed by atoms with Gasteiger partial charge in [-0.15, -0.1) is 0 Å². The van der Waals surface area contributed by atoms with Crippen molar-refractivity contribution in [2.45, 2.75) is 43.4 Å². The number of halogens is 3. The molecule has 1 saturated carbocycles. The van der Waals surface area contributed by atoms with Crippen LogP contribution in [0.3, 0.4) is 0 Å². The number of carbonyl (C=O) groups excluding carboxylic acids is 1. The Bertz CT molecular complexity index is 1380. The van der Waals surface area contributed by atoms with Gasteiger partial charge < -0.3 is 20.6 Å². The zero-order chi connectivity index (χ0) is 32.8. The van der Waals surface area contributed by atoms with E-state index < -0.39 is 34.0 Å². The first kappa shape index (κ1) is 36.8. The minimum Gasteiger partial charge on any atom is -0.477 e. The van der Waals surface area contributed by atoms with Gasteiger partial charge in [-0.2, -0.15) is 17.5 Å². The van der Waals surface area contributed by atoms with E-state index in [-0.39, 0.29) is 12.8 Å². The Morgan fingerprint density at radius 3 is 2.43 bits per heavy atom. The third-order valence-electron chi connectivity index (χ3n) is 6.37. The zero-order valence-corrected chi connectivity index (χ0v) is 26.3. The average Bonchev–Trinajstić information content (AvgIpc) is 3.87. The maximum atomic E-state index is 12.7. The van der Waals surface area contributed by atoms with Crippen LogP contribution < -0.4 is 15.8 Å². The summed E-state index contributed by atoms with van der Waals surface area (Å²) in [6.45, 7) is 5.00. The molecule has 0 atom stereocenters. The lowest BCUT2D eigenvalue weighted by atomic mass is 9.76. The third-order valence-corrected chi connectivity index (χ3v) is 9.07. The summed E-state index contributed by atoms with van der Waals surface area (Å²) < 4.78 is 71.1. The number of ether oxygens (including phenoxy) is 1. The first-order valence-corrected chi connectivity index (χ1v) is 15.8. The predicted octanol–water partition coefficient (Wildman–Crippen LogP) is 4.14. The van der Waals surface area contributed by atoms with Crippen LogP contribution in [0.15, 0.2) is 52.4 Å². The Morgan fingerprint density at radius 2 is 1.93 bits per heavy atom. The molecule has 17 heteroatoms. The Labute approximate surface area is 259 Å². The maximum absolute atomic E-state index is 12.7. The Hall–Kier alpha value is -3.41. The number of rotatable bonds is 11.